The van der Waals surface area contributed by atoms with Crippen LogP contribution in [0.3, 0.4) is 0 Å². The van der Waals surface area contributed by atoms with E-state index in [1.54, 1.807) is 10.8 Å². The van der Waals surface area contributed by atoms with E-state index in [-0.39, 0.29) is 6.67 Å². The maximum Gasteiger partial charge on any atom is 0.130 e. The van der Waals surface area contributed by atoms with Crippen molar-refractivity contribution in [3.8, 4) is 12.3 Å². The highest BCUT2D eigenvalue weighted by Gasteiger charge is 1.91. The van der Waals surface area contributed by atoms with Gasteiger partial charge in [0.2, 0.25) is 0 Å². The summed E-state index contributed by atoms with van der Waals surface area (Å²) in [5.74, 6) is 2.36. The molecule has 11 heavy (non-hydrogen) atoms. The largest absolute Gasteiger partial charge is 0.330 e. The van der Waals surface area contributed by atoms with E-state index in [9.17, 15) is 0 Å². The summed E-state index contributed by atoms with van der Waals surface area (Å²) >= 11 is 0. The van der Waals surface area contributed by atoms with Crippen molar-refractivity contribution in [3.63, 3.8) is 0 Å². The summed E-state index contributed by atoms with van der Waals surface area (Å²) in [5, 5.41) is 3.32. The second-order valence-corrected chi connectivity index (χ2v) is 1.79. The molecule has 0 aliphatic carbocycles. The molecule has 0 amide bonds. The molecule has 1 aromatic rings. The summed E-state index contributed by atoms with van der Waals surface area (Å²) in [5.41, 5.74) is 8.52. The minimum atomic E-state index is 0.227. The summed E-state index contributed by atoms with van der Waals surface area (Å²) in [4.78, 5) is 6.42. The lowest BCUT2D eigenvalue weighted by molar-refractivity contribution is 0.726. The van der Waals surface area contributed by atoms with Crippen molar-refractivity contribution in [2.75, 3.05) is 0 Å². The third-order valence-corrected chi connectivity index (χ3v) is 1.07. The maximum absolute atomic E-state index is 7.98. The zero-order valence-corrected chi connectivity index (χ0v) is 5.68. The van der Waals surface area contributed by atoms with Crippen molar-refractivity contribution < 1.29 is 0 Å². The highest BCUT2D eigenvalue weighted by atomic mass is 15.2. The van der Waals surface area contributed by atoms with Crippen LogP contribution in [0.4, 0.5) is 0 Å². The van der Waals surface area contributed by atoms with Gasteiger partial charge in [0, 0.05) is 11.1 Å². The molecule has 5 nitrogen and oxygen atoms in total. The first-order chi connectivity index (χ1) is 5.36. The van der Waals surface area contributed by atoms with Gasteiger partial charge in [-0.15, -0.1) is 6.42 Å². The zero-order chi connectivity index (χ0) is 8.10. The van der Waals surface area contributed by atoms with E-state index >= 15 is 0 Å². The van der Waals surface area contributed by atoms with Crippen LogP contribution in [0.15, 0.2) is 17.6 Å². The van der Waals surface area contributed by atoms with Crippen LogP contribution in [0.5, 0.6) is 0 Å². The van der Waals surface area contributed by atoms with Crippen molar-refractivity contribution >= 4 is 0 Å². The van der Waals surface area contributed by atoms with Gasteiger partial charge in [-0.05, 0) is 11.5 Å². The van der Waals surface area contributed by atoms with Gasteiger partial charge in [-0.1, -0.05) is 5.11 Å². The number of imidazole rings is 1. The Balaban J connectivity index is 2.74. The normalized spacial score (nSPS) is 8.27. The third kappa shape index (κ3) is 1.75. The molecule has 0 unspecified atom stereocenters. The van der Waals surface area contributed by atoms with Crippen LogP contribution >= 0.6 is 0 Å². The molecule has 0 bridgehead atoms. The van der Waals surface area contributed by atoms with E-state index in [1.807, 2.05) is 0 Å². The topological polar surface area (TPSA) is 66.6 Å². The molecule has 0 N–H and O–H groups in total. The van der Waals surface area contributed by atoms with Crippen LogP contribution in [-0.4, -0.2) is 9.55 Å². The molecule has 0 saturated carbocycles. The first-order valence-electron chi connectivity index (χ1n) is 2.86. The van der Waals surface area contributed by atoms with E-state index in [0.717, 1.165) is 0 Å². The van der Waals surface area contributed by atoms with Gasteiger partial charge in [-0.3, -0.25) is 0 Å². The Kier molecular flexibility index (Phi) is 2.16. The molecule has 0 radical (unpaired) electrons. The van der Waals surface area contributed by atoms with Gasteiger partial charge >= 0.3 is 0 Å². The van der Waals surface area contributed by atoms with Crippen molar-refractivity contribution in [2.24, 2.45) is 5.11 Å². The average molecular weight is 147 g/mol. The molecule has 5 heteroatoms. The van der Waals surface area contributed by atoms with Crippen molar-refractivity contribution in [3.05, 3.63) is 28.7 Å². The summed E-state index contributed by atoms with van der Waals surface area (Å²) in [6.07, 6.45) is 8.21. The summed E-state index contributed by atoms with van der Waals surface area (Å²) in [6.45, 7) is 0.227. The summed E-state index contributed by atoms with van der Waals surface area (Å²) < 4.78 is 1.61. The van der Waals surface area contributed by atoms with Gasteiger partial charge in [-0.2, -0.15) is 0 Å². The molecule has 1 rings (SSSR count). The highest BCUT2D eigenvalue weighted by molar-refractivity contribution is 5.20. The molecule has 0 spiro atoms. The Bertz CT molecular complexity index is 325. The van der Waals surface area contributed by atoms with E-state index in [4.69, 9.17) is 12.0 Å². The quantitative estimate of drug-likeness (QED) is 0.267. The number of nitrogens with zero attached hydrogens (tertiary/aromatic N) is 5. The maximum atomic E-state index is 7.98. The monoisotopic (exact) mass is 147 g/mol. The van der Waals surface area contributed by atoms with Crippen LogP contribution in [0.2, 0.25) is 0 Å². The fourth-order valence-corrected chi connectivity index (χ4v) is 0.613. The number of hydrogen-bond donors (Lipinski definition) is 0. The summed E-state index contributed by atoms with van der Waals surface area (Å²) in [6, 6.07) is 0. The Labute approximate surface area is 63.3 Å². The average Bonchev–Trinajstić information content (AvgIpc) is 2.48. The number of aromatic nitrogens is 2. The zero-order valence-electron chi connectivity index (χ0n) is 5.68. The Morgan fingerprint density at radius 2 is 2.73 bits per heavy atom. The first-order valence-corrected chi connectivity index (χ1v) is 2.86. The van der Waals surface area contributed by atoms with E-state index in [2.05, 4.69) is 20.9 Å². The van der Waals surface area contributed by atoms with Crippen molar-refractivity contribution in [1.82, 2.24) is 9.55 Å². The standard InChI is InChI=1S/C6H5N5/c1-2-6-3-11(4-8-6)5-9-10-7/h1,3-4H,5H2. The second-order valence-electron chi connectivity index (χ2n) is 1.79. The molecule has 0 aliphatic rings. The fourth-order valence-electron chi connectivity index (χ4n) is 0.613. The van der Waals surface area contributed by atoms with Gasteiger partial charge in [0.15, 0.2) is 0 Å². The minimum absolute atomic E-state index is 0.227. The smallest absolute Gasteiger partial charge is 0.130 e. The van der Waals surface area contributed by atoms with Crippen molar-refractivity contribution in [2.45, 2.75) is 6.67 Å². The molecule has 54 valence electrons. The van der Waals surface area contributed by atoms with Gasteiger partial charge in [-0.25, -0.2) is 4.98 Å². The highest BCUT2D eigenvalue weighted by Crippen LogP contribution is 1.93. The summed E-state index contributed by atoms with van der Waals surface area (Å²) in [7, 11) is 0. The Morgan fingerprint density at radius 1 is 1.91 bits per heavy atom. The Morgan fingerprint density at radius 3 is 3.27 bits per heavy atom. The third-order valence-electron chi connectivity index (χ3n) is 1.07. The van der Waals surface area contributed by atoms with Crippen LogP contribution in [0.25, 0.3) is 10.4 Å². The van der Waals surface area contributed by atoms with Gasteiger partial charge in [0.25, 0.3) is 0 Å². The van der Waals surface area contributed by atoms with E-state index in [1.165, 1.54) is 6.33 Å². The van der Waals surface area contributed by atoms with Crippen molar-refractivity contribution in [1.29, 1.82) is 0 Å². The molecule has 0 aliphatic heterocycles. The molecule has 1 aromatic heterocycles. The lowest BCUT2D eigenvalue weighted by Crippen LogP contribution is -1.88. The van der Waals surface area contributed by atoms with Gasteiger partial charge in [0.05, 0.1) is 6.33 Å². The van der Waals surface area contributed by atoms with Crippen LogP contribution in [0.1, 0.15) is 5.69 Å². The number of hydrogen-bond acceptors (Lipinski definition) is 2. The van der Waals surface area contributed by atoms with Gasteiger partial charge in [0.1, 0.15) is 12.4 Å². The molecule has 0 fully saturated rings. The number of azide groups is 1. The lowest BCUT2D eigenvalue weighted by Gasteiger charge is -1.89. The SMILES string of the molecule is C#Cc1cn(CN=[N+]=[N-])cn1. The number of rotatable bonds is 2. The van der Waals surface area contributed by atoms with E-state index in [0.29, 0.717) is 5.69 Å². The van der Waals surface area contributed by atoms with Crippen LogP contribution in [-0.2, 0) is 6.67 Å². The molecular formula is C6H5N5. The predicted octanol–water partition coefficient (Wildman–Crippen LogP) is 1.13. The van der Waals surface area contributed by atoms with Gasteiger partial charge < -0.3 is 4.57 Å². The van der Waals surface area contributed by atoms with E-state index < -0.39 is 0 Å². The second kappa shape index (κ2) is 3.30. The van der Waals surface area contributed by atoms with Crippen LogP contribution in [0, 0.1) is 12.3 Å². The molecule has 0 aromatic carbocycles. The predicted molar refractivity (Wildman–Crippen MR) is 39.3 cm³/mol. The first kappa shape index (κ1) is 7.19. The van der Waals surface area contributed by atoms with Crippen LogP contribution < -0.4 is 0 Å². The Hall–Kier alpha value is -1.92. The molecule has 0 saturated heterocycles. The molecular weight excluding hydrogens is 142 g/mol. The molecule has 1 heterocycles. The fraction of sp³-hybridized carbons (Fsp3) is 0.167. The molecule has 0 atom stereocenters. The number of terminal acetylenes is 1. The minimum Gasteiger partial charge on any atom is -0.330 e. The lowest BCUT2D eigenvalue weighted by atomic mass is 10.5.